The van der Waals surface area contributed by atoms with Crippen molar-refractivity contribution in [2.75, 3.05) is 6.54 Å². The van der Waals surface area contributed by atoms with Crippen LogP contribution in [0.2, 0.25) is 0 Å². The molecule has 1 heterocycles. The van der Waals surface area contributed by atoms with Crippen molar-refractivity contribution in [3.05, 3.63) is 0 Å². The predicted octanol–water partition coefficient (Wildman–Crippen LogP) is 2.14. The minimum Gasteiger partial charge on any atom is -0.326 e. The van der Waals surface area contributed by atoms with E-state index in [0.29, 0.717) is 6.54 Å². The van der Waals surface area contributed by atoms with Crippen molar-refractivity contribution in [2.24, 2.45) is 5.73 Å². The van der Waals surface area contributed by atoms with Gasteiger partial charge < -0.3 is 5.73 Å². The lowest BCUT2D eigenvalue weighted by Gasteiger charge is -2.36. The molecule has 1 saturated heterocycles. The van der Waals surface area contributed by atoms with Crippen molar-refractivity contribution in [3.8, 4) is 0 Å². The summed E-state index contributed by atoms with van der Waals surface area (Å²) in [5.41, 5.74) is 5.46. The molecule has 3 unspecified atom stereocenters. The van der Waals surface area contributed by atoms with Gasteiger partial charge in [-0.1, -0.05) is 6.92 Å². The van der Waals surface area contributed by atoms with Gasteiger partial charge in [-0.25, -0.2) is 0 Å². The molecule has 1 aliphatic rings. The van der Waals surface area contributed by atoms with Crippen molar-refractivity contribution in [3.63, 3.8) is 0 Å². The topological polar surface area (TPSA) is 29.3 Å². The lowest BCUT2D eigenvalue weighted by atomic mass is 10.1. The molecule has 2 nitrogen and oxygen atoms in total. The molecule has 0 aromatic heterocycles. The molecule has 0 aromatic carbocycles. The highest BCUT2D eigenvalue weighted by molar-refractivity contribution is 4.92. The third-order valence-corrected chi connectivity index (χ3v) is 3.08. The maximum atomic E-state index is 12.8. The van der Waals surface area contributed by atoms with Crippen molar-refractivity contribution in [1.29, 1.82) is 0 Å². The summed E-state index contributed by atoms with van der Waals surface area (Å²) in [6.45, 7) is 3.88. The van der Waals surface area contributed by atoms with Gasteiger partial charge in [-0.3, -0.25) is 4.90 Å². The number of rotatable bonds is 3. The number of halogens is 3. The summed E-state index contributed by atoms with van der Waals surface area (Å²) in [7, 11) is 0. The Kier molecular flexibility index (Phi) is 4.00. The lowest BCUT2D eigenvalue weighted by molar-refractivity contribution is -0.190. The van der Waals surface area contributed by atoms with E-state index in [1.165, 1.54) is 11.8 Å². The smallest absolute Gasteiger partial charge is 0.326 e. The summed E-state index contributed by atoms with van der Waals surface area (Å²) in [5.74, 6) is 0. The molecule has 0 bridgehead atoms. The van der Waals surface area contributed by atoms with Gasteiger partial charge in [-0.05, 0) is 32.7 Å². The molecule has 0 spiro atoms. The summed E-state index contributed by atoms with van der Waals surface area (Å²) in [5, 5.41) is 0. The van der Waals surface area contributed by atoms with E-state index in [2.05, 4.69) is 0 Å². The molecule has 1 aliphatic heterocycles. The molecule has 90 valence electrons. The SMILES string of the molecule is CCC1CCCN1C(C(C)N)C(F)(F)F. The van der Waals surface area contributed by atoms with Gasteiger partial charge >= 0.3 is 6.18 Å². The van der Waals surface area contributed by atoms with Crippen molar-refractivity contribution < 1.29 is 13.2 Å². The van der Waals surface area contributed by atoms with E-state index in [4.69, 9.17) is 5.73 Å². The number of likely N-dealkylation sites (tertiary alicyclic amines) is 1. The zero-order valence-electron chi connectivity index (χ0n) is 9.22. The minimum atomic E-state index is -4.22. The Morgan fingerprint density at radius 3 is 2.47 bits per heavy atom. The maximum Gasteiger partial charge on any atom is 0.405 e. The Hall–Kier alpha value is -0.290. The molecule has 1 rings (SSSR count). The van der Waals surface area contributed by atoms with E-state index in [-0.39, 0.29) is 6.04 Å². The van der Waals surface area contributed by atoms with Crippen LogP contribution in [0.5, 0.6) is 0 Å². The van der Waals surface area contributed by atoms with Crippen LogP contribution in [0, 0.1) is 0 Å². The van der Waals surface area contributed by atoms with Crippen LogP contribution < -0.4 is 5.73 Å². The second-order valence-electron chi connectivity index (χ2n) is 4.29. The van der Waals surface area contributed by atoms with Crippen LogP contribution in [-0.4, -0.2) is 35.7 Å². The first-order valence-corrected chi connectivity index (χ1v) is 5.46. The highest BCUT2D eigenvalue weighted by Crippen LogP contribution is 2.32. The van der Waals surface area contributed by atoms with Crippen LogP contribution in [0.25, 0.3) is 0 Å². The van der Waals surface area contributed by atoms with Gasteiger partial charge in [-0.2, -0.15) is 13.2 Å². The Balaban J connectivity index is 2.80. The predicted molar refractivity (Wildman–Crippen MR) is 53.5 cm³/mol. The second kappa shape index (κ2) is 4.70. The Labute approximate surface area is 88.6 Å². The van der Waals surface area contributed by atoms with Gasteiger partial charge in [0.15, 0.2) is 0 Å². The molecule has 0 saturated carbocycles. The first-order chi connectivity index (χ1) is 6.88. The Morgan fingerprint density at radius 1 is 1.47 bits per heavy atom. The first kappa shape index (κ1) is 12.8. The molecule has 0 aliphatic carbocycles. The average molecular weight is 224 g/mol. The van der Waals surface area contributed by atoms with Gasteiger partial charge in [0.05, 0.1) is 0 Å². The fraction of sp³-hybridized carbons (Fsp3) is 1.00. The van der Waals surface area contributed by atoms with Gasteiger partial charge in [0.1, 0.15) is 6.04 Å². The van der Waals surface area contributed by atoms with Crippen LogP contribution >= 0.6 is 0 Å². The van der Waals surface area contributed by atoms with Gasteiger partial charge in [0.25, 0.3) is 0 Å². The Bertz CT molecular complexity index is 203. The molecule has 15 heavy (non-hydrogen) atoms. The number of hydrogen-bond donors (Lipinski definition) is 1. The molecule has 1 fully saturated rings. The lowest BCUT2D eigenvalue weighted by Crippen LogP contribution is -2.56. The number of nitrogens with zero attached hydrogens (tertiary/aromatic N) is 1. The summed E-state index contributed by atoms with van der Waals surface area (Å²) in [4.78, 5) is 1.53. The van der Waals surface area contributed by atoms with Crippen LogP contribution in [0.1, 0.15) is 33.1 Å². The zero-order valence-corrected chi connectivity index (χ0v) is 9.22. The number of nitrogens with two attached hydrogens (primary N) is 1. The fourth-order valence-electron chi connectivity index (χ4n) is 2.45. The largest absolute Gasteiger partial charge is 0.405 e. The monoisotopic (exact) mass is 224 g/mol. The third-order valence-electron chi connectivity index (χ3n) is 3.08. The van der Waals surface area contributed by atoms with Crippen LogP contribution in [0.3, 0.4) is 0 Å². The van der Waals surface area contributed by atoms with Crippen LogP contribution in [-0.2, 0) is 0 Å². The van der Waals surface area contributed by atoms with Crippen molar-refractivity contribution in [1.82, 2.24) is 4.90 Å². The zero-order chi connectivity index (χ0) is 11.6. The van der Waals surface area contributed by atoms with Crippen LogP contribution in [0.15, 0.2) is 0 Å². The molecule has 0 radical (unpaired) electrons. The normalized spacial score (nSPS) is 28.0. The van der Waals surface area contributed by atoms with E-state index in [1.54, 1.807) is 0 Å². The fourth-order valence-corrected chi connectivity index (χ4v) is 2.45. The molecular formula is C10H19F3N2. The Morgan fingerprint density at radius 2 is 2.07 bits per heavy atom. The van der Waals surface area contributed by atoms with E-state index in [1.807, 2.05) is 6.92 Å². The quantitative estimate of drug-likeness (QED) is 0.795. The number of hydrogen-bond acceptors (Lipinski definition) is 2. The molecule has 0 aromatic rings. The van der Waals surface area contributed by atoms with Crippen LogP contribution in [0.4, 0.5) is 13.2 Å². The molecule has 3 atom stereocenters. The number of alkyl halides is 3. The van der Waals surface area contributed by atoms with Gasteiger partial charge in [0.2, 0.25) is 0 Å². The van der Waals surface area contributed by atoms with Crippen molar-refractivity contribution in [2.45, 2.75) is 57.4 Å². The minimum absolute atomic E-state index is 0.0441. The molecule has 5 heteroatoms. The summed E-state index contributed by atoms with van der Waals surface area (Å²) in [6.07, 6.45) is -1.75. The molecule has 2 N–H and O–H groups in total. The van der Waals surface area contributed by atoms with E-state index in [0.717, 1.165) is 19.3 Å². The summed E-state index contributed by atoms with van der Waals surface area (Å²) in [6, 6.07) is -2.30. The first-order valence-electron chi connectivity index (χ1n) is 5.46. The van der Waals surface area contributed by atoms with E-state index in [9.17, 15) is 13.2 Å². The highest BCUT2D eigenvalue weighted by atomic mass is 19.4. The maximum absolute atomic E-state index is 12.8. The van der Waals surface area contributed by atoms with Gasteiger partial charge in [0, 0.05) is 12.1 Å². The second-order valence-corrected chi connectivity index (χ2v) is 4.29. The summed E-state index contributed by atoms with van der Waals surface area (Å²) >= 11 is 0. The standard InChI is InChI=1S/C10H19F3N2/c1-3-8-5-4-6-15(8)9(7(2)14)10(11,12)13/h7-9H,3-6,14H2,1-2H3. The van der Waals surface area contributed by atoms with Gasteiger partial charge in [-0.15, -0.1) is 0 Å². The molecular weight excluding hydrogens is 205 g/mol. The van der Waals surface area contributed by atoms with E-state index >= 15 is 0 Å². The average Bonchev–Trinajstić information content (AvgIpc) is 2.48. The third kappa shape index (κ3) is 2.84. The molecule has 0 amide bonds. The highest BCUT2D eigenvalue weighted by Gasteiger charge is 2.48. The van der Waals surface area contributed by atoms with E-state index < -0.39 is 18.3 Å². The summed E-state index contributed by atoms with van der Waals surface area (Å²) < 4.78 is 38.4. The van der Waals surface area contributed by atoms with Crippen molar-refractivity contribution >= 4 is 0 Å².